The molecule has 0 spiro atoms. The van der Waals surface area contributed by atoms with Crippen molar-refractivity contribution >= 4 is 65.4 Å². The third-order valence-corrected chi connectivity index (χ3v) is 0. The Kier molecular flexibility index (Phi) is 446. The predicted molar refractivity (Wildman–Crippen MR) is 39.9 cm³/mol. The summed E-state index contributed by atoms with van der Waals surface area (Å²) in [6.07, 6.45) is 0. The van der Waals surface area contributed by atoms with Crippen molar-refractivity contribution in [2.45, 2.75) is 0 Å². The summed E-state index contributed by atoms with van der Waals surface area (Å²) in [5.41, 5.74) is 0. The van der Waals surface area contributed by atoms with Crippen molar-refractivity contribution in [3.05, 3.63) is 0 Å². The van der Waals surface area contributed by atoms with Crippen LogP contribution in [0.4, 0.5) is 0 Å². The zero-order valence-corrected chi connectivity index (χ0v) is 1.41. The molecule has 0 saturated heterocycles. The van der Waals surface area contributed by atoms with Gasteiger partial charge >= 0.3 is 65.4 Å². The third kappa shape index (κ3) is 23.5. The van der Waals surface area contributed by atoms with Crippen LogP contribution in [0.2, 0.25) is 0 Å². The second kappa shape index (κ2) is 36.5. The summed E-state index contributed by atoms with van der Waals surface area (Å²) in [6, 6.07) is 0. The monoisotopic (exact) mass is 296 g/mol. The third-order valence-electron chi connectivity index (χ3n) is 0. The Labute approximate surface area is 76.9 Å². The summed E-state index contributed by atoms with van der Waals surface area (Å²) in [5.74, 6) is 0. The van der Waals surface area contributed by atoms with E-state index >= 15 is 0 Å². The molecule has 0 aromatic heterocycles. The van der Waals surface area contributed by atoms with Crippen molar-refractivity contribution in [1.29, 1.82) is 0 Å². The molecule has 0 aliphatic heterocycles. The van der Waals surface area contributed by atoms with Gasteiger partial charge in [-0.2, -0.15) is 0 Å². The first-order chi connectivity index (χ1) is 0. The molecular weight excluding hydrogens is 282 g/mol. The van der Waals surface area contributed by atoms with Crippen LogP contribution in [0.25, 0.3) is 0 Å². The van der Waals surface area contributed by atoms with E-state index < -0.39 is 0 Å². The first-order valence-corrected chi connectivity index (χ1v) is 0. The number of hydrogen-bond acceptors (Lipinski definition) is 2. The van der Waals surface area contributed by atoms with Crippen LogP contribution in [0.3, 0.4) is 0 Å². The fourth-order valence-electron chi connectivity index (χ4n) is 0. The van der Waals surface area contributed by atoms with Gasteiger partial charge in [0.2, 0.25) is 0 Å². The molecule has 2 nitrogen and oxygen atoms in total. The van der Waals surface area contributed by atoms with E-state index in [9.17, 15) is 0 Å². The molecule has 0 heterocycles. The van der Waals surface area contributed by atoms with Gasteiger partial charge in [0, 0.05) is 0 Å². The van der Waals surface area contributed by atoms with Gasteiger partial charge in [-0.25, -0.2) is 0 Å². The van der Waals surface area contributed by atoms with Gasteiger partial charge in [0.15, 0.2) is 0 Å². The van der Waals surface area contributed by atoms with Crippen molar-refractivity contribution in [1.82, 2.24) is 12.3 Å². The summed E-state index contributed by atoms with van der Waals surface area (Å²) in [4.78, 5) is 0. The average molecular weight is 297 g/mol. The molecular formula is H15Ga2InN2. The van der Waals surface area contributed by atoms with Crippen LogP contribution in [-0.2, 0) is 0 Å². The Morgan fingerprint density at radius 1 is 0.600 bits per heavy atom. The molecule has 5 heteroatoms. The van der Waals surface area contributed by atoms with Gasteiger partial charge in [0.1, 0.15) is 0 Å². The Balaban J connectivity index is 0. The molecule has 0 atom stereocenters. The summed E-state index contributed by atoms with van der Waals surface area (Å²) < 4.78 is 0. The Bertz CT molecular complexity index is 7.61. The van der Waals surface area contributed by atoms with E-state index in [0.29, 0.717) is 0 Å². The molecule has 0 fully saturated rings. The van der Waals surface area contributed by atoms with E-state index in [2.05, 4.69) is 0 Å². The van der Waals surface area contributed by atoms with Crippen molar-refractivity contribution < 1.29 is 0 Å². The maximum absolute atomic E-state index is 0. The van der Waals surface area contributed by atoms with E-state index in [-0.39, 0.29) is 77.7 Å². The zero-order chi connectivity index (χ0) is 0. The fraction of sp³-hybridized carbons (Fsp3) is 0. The quantitative estimate of drug-likeness (QED) is 0.462. The van der Waals surface area contributed by atoms with Crippen LogP contribution in [-0.4, -0.2) is 65.4 Å². The van der Waals surface area contributed by atoms with E-state index in [1.165, 1.54) is 0 Å². The topological polar surface area (TPSA) is 70.0 Å². The molecule has 34 valence electrons. The first-order valence-electron chi connectivity index (χ1n) is 0. The normalized spacial score (nSPS) is 0. The fourth-order valence-corrected chi connectivity index (χ4v) is 0. The van der Waals surface area contributed by atoms with Crippen molar-refractivity contribution in [3.63, 3.8) is 0 Å². The zero-order valence-electron chi connectivity index (χ0n) is 1.41. The molecule has 0 radical (unpaired) electrons. The summed E-state index contributed by atoms with van der Waals surface area (Å²) >= 11 is 0. The van der Waals surface area contributed by atoms with Crippen LogP contribution >= 0.6 is 0 Å². The van der Waals surface area contributed by atoms with Gasteiger partial charge < -0.3 is 12.3 Å². The van der Waals surface area contributed by atoms with Crippen LogP contribution in [0.1, 0.15) is 0 Å². The van der Waals surface area contributed by atoms with Crippen molar-refractivity contribution in [2.24, 2.45) is 0 Å². The molecule has 0 rings (SSSR count). The second-order valence-electron chi connectivity index (χ2n) is 0. The summed E-state index contributed by atoms with van der Waals surface area (Å²) in [5, 5.41) is 0. The molecule has 0 aromatic rings. The standard InChI is InChI=1S/2Ga.In.2H3N.9H/h;;;2*1H3;;;;;;;;;. The molecule has 0 saturated carbocycles. The Morgan fingerprint density at radius 2 is 0.600 bits per heavy atom. The van der Waals surface area contributed by atoms with E-state index in [0.717, 1.165) is 0 Å². The Morgan fingerprint density at radius 3 is 0.600 bits per heavy atom. The maximum atomic E-state index is 0. The van der Waals surface area contributed by atoms with Crippen LogP contribution in [0.5, 0.6) is 0 Å². The van der Waals surface area contributed by atoms with Crippen LogP contribution in [0, 0.1) is 0 Å². The number of hydrogen-bond donors (Lipinski definition) is 2. The Hall–Kier alpha value is 2.06. The number of rotatable bonds is 0. The minimum atomic E-state index is 0. The van der Waals surface area contributed by atoms with E-state index in [1.54, 1.807) is 0 Å². The van der Waals surface area contributed by atoms with E-state index in [1.807, 2.05) is 0 Å². The summed E-state index contributed by atoms with van der Waals surface area (Å²) in [7, 11) is 0. The average Bonchev–Trinajstić information content (AvgIpc) is 0. The molecule has 0 amide bonds. The molecule has 6 N–H and O–H groups in total. The molecule has 0 aliphatic rings. The van der Waals surface area contributed by atoms with Crippen molar-refractivity contribution in [2.75, 3.05) is 0 Å². The molecule has 0 aliphatic carbocycles. The van der Waals surface area contributed by atoms with Crippen LogP contribution < -0.4 is 12.3 Å². The predicted octanol–water partition coefficient (Wildman–Crippen LogP) is -3.23. The molecule has 0 bridgehead atoms. The first kappa shape index (κ1) is 61.0. The van der Waals surface area contributed by atoms with Gasteiger partial charge in [-0.3, -0.25) is 0 Å². The molecule has 5 heavy (non-hydrogen) atoms. The van der Waals surface area contributed by atoms with Gasteiger partial charge in [-0.15, -0.1) is 0 Å². The van der Waals surface area contributed by atoms with Gasteiger partial charge in [-0.05, 0) is 0 Å². The van der Waals surface area contributed by atoms with E-state index in [4.69, 9.17) is 0 Å². The van der Waals surface area contributed by atoms with Gasteiger partial charge in [0.05, 0.1) is 0 Å². The van der Waals surface area contributed by atoms with Crippen LogP contribution in [0.15, 0.2) is 0 Å². The molecule has 0 aromatic carbocycles. The molecule has 0 unspecified atom stereocenters. The van der Waals surface area contributed by atoms with Gasteiger partial charge in [0.25, 0.3) is 0 Å². The SMILES string of the molecule is N.N.[GaH3].[GaH3].[InH3]. The second-order valence-corrected chi connectivity index (χ2v) is 0. The van der Waals surface area contributed by atoms with Gasteiger partial charge in [-0.1, -0.05) is 0 Å². The minimum absolute atomic E-state index is 0. The van der Waals surface area contributed by atoms with Crippen molar-refractivity contribution in [3.8, 4) is 0 Å². The summed E-state index contributed by atoms with van der Waals surface area (Å²) in [6.45, 7) is 0.